The lowest BCUT2D eigenvalue weighted by Crippen LogP contribution is -2.28. The van der Waals surface area contributed by atoms with Gasteiger partial charge in [0.2, 0.25) is 12.3 Å². The molecule has 2 amide bonds. The van der Waals surface area contributed by atoms with Crippen LogP contribution in [0.1, 0.15) is 6.42 Å². The largest absolute Gasteiger partial charge is 0.328 e. The van der Waals surface area contributed by atoms with Crippen molar-refractivity contribution in [2.24, 2.45) is 5.92 Å². The average Bonchev–Trinajstić information content (AvgIpc) is 2.84. The molecule has 1 saturated heterocycles. The van der Waals surface area contributed by atoms with Crippen LogP contribution in [0.15, 0.2) is 24.3 Å². The zero-order valence-corrected chi connectivity index (χ0v) is 10.8. The van der Waals surface area contributed by atoms with Gasteiger partial charge >= 0.3 is 0 Å². The van der Waals surface area contributed by atoms with Crippen molar-refractivity contribution in [3.8, 4) is 6.07 Å². The maximum Gasteiger partial charge on any atom is 0.229 e. The molecule has 1 aromatic rings. The molecule has 0 saturated carbocycles. The van der Waals surface area contributed by atoms with E-state index in [1.807, 2.05) is 6.07 Å². The molecule has 98 valence electrons. The molecule has 0 aliphatic carbocycles. The third-order valence-corrected chi connectivity index (χ3v) is 3.36. The zero-order chi connectivity index (χ0) is 13.8. The van der Waals surface area contributed by atoms with Crippen molar-refractivity contribution in [2.75, 3.05) is 11.9 Å². The summed E-state index contributed by atoms with van der Waals surface area (Å²) in [5.74, 6) is -0.544. The predicted molar refractivity (Wildman–Crippen MR) is 70.4 cm³/mol. The topological polar surface area (TPSA) is 73.2 Å². The number of rotatable bonds is 3. The Balaban J connectivity index is 2.00. The quantitative estimate of drug-likeness (QED) is 0.854. The highest BCUT2D eigenvalue weighted by molar-refractivity contribution is 6.30. The Labute approximate surface area is 115 Å². The van der Waals surface area contributed by atoms with Crippen molar-refractivity contribution in [2.45, 2.75) is 12.5 Å². The van der Waals surface area contributed by atoms with Crippen molar-refractivity contribution >= 4 is 29.6 Å². The lowest BCUT2D eigenvalue weighted by molar-refractivity contribution is -0.120. The third-order valence-electron chi connectivity index (χ3n) is 3.11. The summed E-state index contributed by atoms with van der Waals surface area (Å²) in [4.78, 5) is 24.1. The zero-order valence-electron chi connectivity index (χ0n) is 10.0. The number of benzene rings is 1. The Kier molecular flexibility index (Phi) is 4.03. The number of carbonyl (C=O) groups is 2. The Hall–Kier alpha value is -2.06. The van der Waals surface area contributed by atoms with Crippen molar-refractivity contribution in [1.29, 1.82) is 5.26 Å². The molecule has 2 rings (SSSR count). The monoisotopic (exact) mass is 277 g/mol. The number of nitrogens with zero attached hydrogens (tertiary/aromatic N) is 2. The maximum atomic E-state index is 12.0. The van der Waals surface area contributed by atoms with Gasteiger partial charge in [-0.05, 0) is 30.7 Å². The Morgan fingerprint density at radius 2 is 2.16 bits per heavy atom. The Bertz CT molecular complexity index is 524. The summed E-state index contributed by atoms with van der Waals surface area (Å²) < 4.78 is 0. The molecule has 1 heterocycles. The van der Waals surface area contributed by atoms with Crippen LogP contribution in [0.4, 0.5) is 5.69 Å². The molecule has 1 N–H and O–H groups in total. The molecule has 0 aromatic heterocycles. The highest BCUT2D eigenvalue weighted by atomic mass is 35.5. The standard InChI is InChI=1S/C13H12ClN3O2/c14-10-1-3-11(4-2-10)16-13(19)9-5-12(6-15)17(7-9)8-18/h1-4,8-9,12H,5,7H2,(H,16,19). The first-order chi connectivity index (χ1) is 9.13. The molecule has 5 nitrogen and oxygen atoms in total. The van der Waals surface area contributed by atoms with Gasteiger partial charge in [-0.15, -0.1) is 0 Å². The molecule has 0 bridgehead atoms. The van der Waals surface area contributed by atoms with Crippen LogP contribution in [-0.2, 0) is 9.59 Å². The van der Waals surface area contributed by atoms with Gasteiger partial charge in [-0.25, -0.2) is 0 Å². The molecule has 1 aliphatic rings. The van der Waals surface area contributed by atoms with Crippen molar-refractivity contribution in [3.05, 3.63) is 29.3 Å². The van der Waals surface area contributed by atoms with Crippen LogP contribution in [0.5, 0.6) is 0 Å². The summed E-state index contributed by atoms with van der Waals surface area (Å²) in [6, 6.07) is 8.27. The van der Waals surface area contributed by atoms with E-state index in [1.54, 1.807) is 24.3 Å². The number of nitrogens with one attached hydrogen (secondary N) is 1. The van der Waals surface area contributed by atoms with E-state index in [-0.39, 0.29) is 18.4 Å². The highest BCUT2D eigenvalue weighted by Gasteiger charge is 2.35. The van der Waals surface area contributed by atoms with Crippen molar-refractivity contribution in [1.82, 2.24) is 4.90 Å². The van der Waals surface area contributed by atoms with Crippen LogP contribution in [0.3, 0.4) is 0 Å². The van der Waals surface area contributed by atoms with E-state index in [0.717, 1.165) is 0 Å². The van der Waals surface area contributed by atoms with Gasteiger partial charge in [-0.3, -0.25) is 9.59 Å². The SMILES string of the molecule is N#CC1CC(C(=O)Nc2ccc(Cl)cc2)CN1C=O. The molecular formula is C13H12ClN3O2. The lowest BCUT2D eigenvalue weighted by atomic mass is 10.1. The molecule has 0 spiro atoms. The minimum atomic E-state index is -0.515. The van der Waals surface area contributed by atoms with Gasteiger partial charge in [0.25, 0.3) is 0 Å². The van der Waals surface area contributed by atoms with Crippen LogP contribution in [0.2, 0.25) is 5.02 Å². The highest BCUT2D eigenvalue weighted by Crippen LogP contribution is 2.23. The molecule has 1 aromatic carbocycles. The van der Waals surface area contributed by atoms with Gasteiger partial charge in [0.1, 0.15) is 6.04 Å². The number of likely N-dealkylation sites (tertiary alicyclic amines) is 1. The molecule has 6 heteroatoms. The number of nitriles is 1. The van der Waals surface area contributed by atoms with Gasteiger partial charge in [0.15, 0.2) is 0 Å². The first kappa shape index (κ1) is 13.4. The maximum absolute atomic E-state index is 12.0. The van der Waals surface area contributed by atoms with Crippen molar-refractivity contribution in [3.63, 3.8) is 0 Å². The van der Waals surface area contributed by atoms with E-state index in [1.165, 1.54) is 4.90 Å². The number of amides is 2. The minimum Gasteiger partial charge on any atom is -0.328 e. The van der Waals surface area contributed by atoms with E-state index in [0.29, 0.717) is 23.5 Å². The molecule has 2 atom stereocenters. The second-order valence-corrected chi connectivity index (χ2v) is 4.81. The van der Waals surface area contributed by atoms with E-state index >= 15 is 0 Å². The summed E-state index contributed by atoms with van der Waals surface area (Å²) in [6.07, 6.45) is 0.984. The van der Waals surface area contributed by atoms with Crippen LogP contribution in [0, 0.1) is 17.2 Å². The van der Waals surface area contributed by atoms with Crippen LogP contribution >= 0.6 is 11.6 Å². The summed E-state index contributed by atoms with van der Waals surface area (Å²) in [5.41, 5.74) is 0.646. The third kappa shape index (κ3) is 3.04. The van der Waals surface area contributed by atoms with Gasteiger partial charge < -0.3 is 10.2 Å². The predicted octanol–water partition coefficient (Wildman–Crippen LogP) is 1.65. The lowest BCUT2D eigenvalue weighted by Gasteiger charge is -2.12. The van der Waals surface area contributed by atoms with E-state index < -0.39 is 6.04 Å². The van der Waals surface area contributed by atoms with E-state index in [9.17, 15) is 9.59 Å². The first-order valence-corrected chi connectivity index (χ1v) is 6.19. The van der Waals surface area contributed by atoms with E-state index in [2.05, 4.69) is 5.32 Å². The van der Waals surface area contributed by atoms with Gasteiger partial charge in [0.05, 0.1) is 12.0 Å². The fourth-order valence-electron chi connectivity index (χ4n) is 2.07. The van der Waals surface area contributed by atoms with Gasteiger partial charge in [0, 0.05) is 17.3 Å². The molecule has 1 aliphatic heterocycles. The summed E-state index contributed by atoms with van der Waals surface area (Å²) in [5, 5.41) is 12.2. The summed E-state index contributed by atoms with van der Waals surface area (Å²) in [7, 11) is 0. The van der Waals surface area contributed by atoms with Gasteiger partial charge in [-0.1, -0.05) is 11.6 Å². The van der Waals surface area contributed by atoms with Crippen LogP contribution in [0.25, 0.3) is 0 Å². The second kappa shape index (κ2) is 5.72. The number of hydrogen-bond donors (Lipinski definition) is 1. The summed E-state index contributed by atoms with van der Waals surface area (Å²) >= 11 is 5.76. The Morgan fingerprint density at radius 1 is 1.47 bits per heavy atom. The van der Waals surface area contributed by atoms with Crippen LogP contribution < -0.4 is 5.32 Å². The number of halogens is 1. The Morgan fingerprint density at radius 3 is 2.68 bits per heavy atom. The first-order valence-electron chi connectivity index (χ1n) is 5.81. The number of hydrogen-bond acceptors (Lipinski definition) is 3. The van der Waals surface area contributed by atoms with Gasteiger partial charge in [-0.2, -0.15) is 5.26 Å². The van der Waals surface area contributed by atoms with E-state index in [4.69, 9.17) is 16.9 Å². The number of anilines is 1. The number of carbonyl (C=O) groups excluding carboxylic acids is 2. The molecule has 2 unspecified atom stereocenters. The molecule has 19 heavy (non-hydrogen) atoms. The molecule has 1 fully saturated rings. The molecule has 0 radical (unpaired) electrons. The normalized spacial score (nSPS) is 21.8. The smallest absolute Gasteiger partial charge is 0.229 e. The van der Waals surface area contributed by atoms with Crippen LogP contribution in [-0.4, -0.2) is 29.8 Å². The minimum absolute atomic E-state index is 0.188. The fraction of sp³-hybridized carbons (Fsp3) is 0.308. The average molecular weight is 278 g/mol. The fourth-order valence-corrected chi connectivity index (χ4v) is 2.20. The molecular weight excluding hydrogens is 266 g/mol. The van der Waals surface area contributed by atoms with Crippen molar-refractivity contribution < 1.29 is 9.59 Å². The second-order valence-electron chi connectivity index (χ2n) is 4.38. The summed E-state index contributed by atoms with van der Waals surface area (Å²) in [6.45, 7) is 0.279.